The minimum Gasteiger partial charge on any atom is -0.493 e. The number of halogens is 1. The molecular formula is C16H26ClNO3. The fourth-order valence-electron chi connectivity index (χ4n) is 2.13. The molecule has 0 saturated carbocycles. The highest BCUT2D eigenvalue weighted by molar-refractivity contribution is 6.31. The van der Waals surface area contributed by atoms with Crippen molar-refractivity contribution in [2.75, 3.05) is 41.0 Å². The Labute approximate surface area is 132 Å². The smallest absolute Gasteiger partial charge is 0.162 e. The first-order valence-corrected chi connectivity index (χ1v) is 7.70. The summed E-state index contributed by atoms with van der Waals surface area (Å²) in [4.78, 5) is 0. The lowest BCUT2D eigenvalue weighted by molar-refractivity contribution is 0.199. The highest BCUT2D eigenvalue weighted by atomic mass is 35.5. The maximum Gasteiger partial charge on any atom is 0.162 e. The summed E-state index contributed by atoms with van der Waals surface area (Å²) in [6.45, 7) is 2.71. The van der Waals surface area contributed by atoms with E-state index in [1.807, 2.05) is 12.1 Å². The lowest BCUT2D eigenvalue weighted by Crippen LogP contribution is -2.20. The van der Waals surface area contributed by atoms with Crippen molar-refractivity contribution in [3.63, 3.8) is 0 Å². The Morgan fingerprint density at radius 2 is 1.67 bits per heavy atom. The molecule has 0 aliphatic heterocycles. The van der Waals surface area contributed by atoms with Gasteiger partial charge in [-0.2, -0.15) is 0 Å². The summed E-state index contributed by atoms with van der Waals surface area (Å²) in [5.41, 5.74) is 1.11. The van der Waals surface area contributed by atoms with Crippen LogP contribution in [0, 0.1) is 0 Å². The van der Waals surface area contributed by atoms with Crippen molar-refractivity contribution in [3.05, 3.63) is 22.7 Å². The molecule has 0 aromatic heterocycles. The standard InChI is InChI=1S/C16H26ClNO3/c1-19-10-9-18-8-6-4-5-7-13-11-15(20-2)16(21-3)12-14(13)17/h11-12,18H,4-10H2,1-3H3. The van der Waals surface area contributed by atoms with Crippen molar-refractivity contribution in [3.8, 4) is 11.5 Å². The van der Waals surface area contributed by atoms with Crippen LogP contribution in [-0.2, 0) is 11.2 Å². The van der Waals surface area contributed by atoms with E-state index >= 15 is 0 Å². The van der Waals surface area contributed by atoms with E-state index in [2.05, 4.69) is 5.32 Å². The van der Waals surface area contributed by atoms with Gasteiger partial charge in [0.05, 0.1) is 20.8 Å². The van der Waals surface area contributed by atoms with Crippen LogP contribution in [0.25, 0.3) is 0 Å². The molecule has 0 fully saturated rings. The number of hydrogen-bond donors (Lipinski definition) is 1. The number of methoxy groups -OCH3 is 3. The molecule has 1 N–H and O–H groups in total. The Morgan fingerprint density at radius 3 is 2.33 bits per heavy atom. The normalized spacial score (nSPS) is 10.7. The van der Waals surface area contributed by atoms with E-state index in [-0.39, 0.29) is 0 Å². The lowest BCUT2D eigenvalue weighted by Gasteiger charge is -2.11. The summed E-state index contributed by atoms with van der Waals surface area (Å²) in [5, 5.41) is 4.08. The minimum atomic E-state index is 0.675. The van der Waals surface area contributed by atoms with Gasteiger partial charge in [-0.3, -0.25) is 0 Å². The van der Waals surface area contributed by atoms with Gasteiger partial charge in [-0.25, -0.2) is 0 Å². The van der Waals surface area contributed by atoms with E-state index in [0.29, 0.717) is 5.75 Å². The van der Waals surface area contributed by atoms with Crippen molar-refractivity contribution in [1.29, 1.82) is 0 Å². The number of ether oxygens (including phenoxy) is 3. The molecule has 0 radical (unpaired) electrons. The van der Waals surface area contributed by atoms with Gasteiger partial charge >= 0.3 is 0 Å². The molecule has 1 aromatic carbocycles. The van der Waals surface area contributed by atoms with Crippen LogP contribution in [0.4, 0.5) is 0 Å². The molecule has 0 aliphatic rings. The van der Waals surface area contributed by atoms with Crippen molar-refractivity contribution in [2.24, 2.45) is 0 Å². The summed E-state index contributed by atoms with van der Waals surface area (Å²) >= 11 is 6.27. The van der Waals surface area contributed by atoms with E-state index in [9.17, 15) is 0 Å². The van der Waals surface area contributed by atoms with Gasteiger partial charge < -0.3 is 19.5 Å². The third-order valence-corrected chi connectivity index (χ3v) is 3.69. The van der Waals surface area contributed by atoms with Crippen molar-refractivity contribution in [1.82, 2.24) is 5.32 Å². The highest BCUT2D eigenvalue weighted by Crippen LogP contribution is 2.33. The second-order valence-corrected chi connectivity index (χ2v) is 5.26. The predicted octanol–water partition coefficient (Wildman–Crippen LogP) is 3.31. The minimum absolute atomic E-state index is 0.675. The molecule has 0 unspecified atom stereocenters. The molecule has 0 spiro atoms. The van der Waals surface area contributed by atoms with Crippen LogP contribution in [0.5, 0.6) is 11.5 Å². The quantitative estimate of drug-likeness (QED) is 0.636. The van der Waals surface area contributed by atoms with Gasteiger partial charge in [-0.05, 0) is 37.4 Å². The topological polar surface area (TPSA) is 39.7 Å². The first-order chi connectivity index (χ1) is 10.2. The van der Waals surface area contributed by atoms with Crippen molar-refractivity contribution in [2.45, 2.75) is 25.7 Å². The third kappa shape index (κ3) is 6.55. The molecule has 4 nitrogen and oxygen atoms in total. The molecule has 0 saturated heterocycles. The number of nitrogens with one attached hydrogen (secondary N) is 1. The van der Waals surface area contributed by atoms with Crippen LogP contribution in [0.15, 0.2) is 12.1 Å². The molecule has 5 heteroatoms. The number of unbranched alkanes of at least 4 members (excludes halogenated alkanes) is 2. The zero-order valence-corrected chi connectivity index (χ0v) is 14.0. The van der Waals surface area contributed by atoms with Crippen LogP contribution in [0.2, 0.25) is 5.02 Å². The average molecular weight is 316 g/mol. The van der Waals surface area contributed by atoms with Gasteiger partial charge in [0, 0.05) is 24.7 Å². The fourth-order valence-corrected chi connectivity index (χ4v) is 2.38. The van der Waals surface area contributed by atoms with Gasteiger partial charge in [0.15, 0.2) is 11.5 Å². The molecule has 1 rings (SSSR count). The number of aryl methyl sites for hydroxylation is 1. The SMILES string of the molecule is COCCNCCCCCc1cc(OC)c(OC)cc1Cl. The van der Waals surface area contributed by atoms with Crippen LogP contribution < -0.4 is 14.8 Å². The number of rotatable bonds is 11. The lowest BCUT2D eigenvalue weighted by atomic mass is 10.1. The molecule has 1 aromatic rings. The van der Waals surface area contributed by atoms with Crippen molar-refractivity contribution >= 4 is 11.6 Å². The molecular weight excluding hydrogens is 290 g/mol. The van der Waals surface area contributed by atoms with E-state index in [4.69, 9.17) is 25.8 Å². The van der Waals surface area contributed by atoms with Crippen LogP contribution >= 0.6 is 11.6 Å². The Kier molecular flexibility index (Phi) is 9.22. The number of benzene rings is 1. The predicted molar refractivity (Wildman–Crippen MR) is 86.9 cm³/mol. The molecule has 120 valence electrons. The van der Waals surface area contributed by atoms with E-state index in [1.165, 1.54) is 6.42 Å². The first-order valence-electron chi connectivity index (χ1n) is 7.33. The Balaban J connectivity index is 2.32. The molecule has 0 atom stereocenters. The fraction of sp³-hybridized carbons (Fsp3) is 0.625. The first kappa shape index (κ1) is 18.1. The second kappa shape index (κ2) is 10.7. The largest absolute Gasteiger partial charge is 0.493 e. The maximum absolute atomic E-state index is 6.27. The van der Waals surface area contributed by atoms with E-state index in [1.54, 1.807) is 21.3 Å². The van der Waals surface area contributed by atoms with Gasteiger partial charge in [-0.1, -0.05) is 18.0 Å². The third-order valence-electron chi connectivity index (χ3n) is 3.34. The van der Waals surface area contributed by atoms with Gasteiger partial charge in [0.1, 0.15) is 0 Å². The summed E-state index contributed by atoms with van der Waals surface area (Å²) in [6, 6.07) is 3.79. The molecule has 0 aliphatic carbocycles. The molecule has 0 bridgehead atoms. The number of hydrogen-bond acceptors (Lipinski definition) is 4. The average Bonchev–Trinajstić information content (AvgIpc) is 2.50. The van der Waals surface area contributed by atoms with Crippen LogP contribution in [0.3, 0.4) is 0 Å². The molecule has 0 amide bonds. The monoisotopic (exact) mass is 315 g/mol. The highest BCUT2D eigenvalue weighted by Gasteiger charge is 2.09. The molecule has 0 heterocycles. The Bertz CT molecular complexity index is 413. The maximum atomic E-state index is 6.27. The summed E-state index contributed by atoms with van der Waals surface area (Å²) in [6.07, 6.45) is 4.40. The Morgan fingerprint density at radius 1 is 0.952 bits per heavy atom. The van der Waals surface area contributed by atoms with E-state index in [0.717, 1.165) is 55.3 Å². The van der Waals surface area contributed by atoms with Gasteiger partial charge in [0.25, 0.3) is 0 Å². The van der Waals surface area contributed by atoms with Crippen LogP contribution in [-0.4, -0.2) is 41.0 Å². The van der Waals surface area contributed by atoms with E-state index < -0.39 is 0 Å². The zero-order valence-electron chi connectivity index (χ0n) is 13.2. The van der Waals surface area contributed by atoms with Gasteiger partial charge in [-0.15, -0.1) is 0 Å². The summed E-state index contributed by atoms with van der Waals surface area (Å²) in [5.74, 6) is 1.41. The second-order valence-electron chi connectivity index (χ2n) is 4.85. The zero-order chi connectivity index (χ0) is 15.5. The summed E-state index contributed by atoms with van der Waals surface area (Å²) in [7, 11) is 4.97. The van der Waals surface area contributed by atoms with Crippen molar-refractivity contribution < 1.29 is 14.2 Å². The Hall–Kier alpha value is -0.970. The molecule has 21 heavy (non-hydrogen) atoms. The van der Waals surface area contributed by atoms with Crippen LogP contribution in [0.1, 0.15) is 24.8 Å². The summed E-state index contributed by atoms with van der Waals surface area (Å²) < 4.78 is 15.5. The van der Waals surface area contributed by atoms with Gasteiger partial charge in [0.2, 0.25) is 0 Å².